The van der Waals surface area contributed by atoms with Gasteiger partial charge < -0.3 is 9.84 Å². The van der Waals surface area contributed by atoms with Crippen molar-refractivity contribution in [3.63, 3.8) is 0 Å². The van der Waals surface area contributed by atoms with Gasteiger partial charge in [0.25, 0.3) is 5.91 Å². The molecule has 7 heteroatoms. The smallest absolute Gasteiger partial charge is 0.253 e. The fourth-order valence-electron chi connectivity index (χ4n) is 2.56. The molecule has 0 bridgehead atoms. The third kappa shape index (κ3) is 3.76. The Bertz CT molecular complexity index is 870. The van der Waals surface area contributed by atoms with Crippen LogP contribution in [0.2, 0.25) is 0 Å². The number of pyridine rings is 1. The van der Waals surface area contributed by atoms with Gasteiger partial charge in [0.15, 0.2) is 0 Å². The Labute approximate surface area is 150 Å². The quantitative estimate of drug-likeness (QED) is 0.749. The maximum Gasteiger partial charge on any atom is 0.253 e. The van der Waals surface area contributed by atoms with Gasteiger partial charge in [0.1, 0.15) is 6.04 Å². The summed E-state index contributed by atoms with van der Waals surface area (Å²) in [5, 5.41) is 7.04. The van der Waals surface area contributed by atoms with Crippen LogP contribution in [0.1, 0.15) is 45.9 Å². The first-order chi connectivity index (χ1) is 12.0. The summed E-state index contributed by atoms with van der Waals surface area (Å²) >= 11 is 1.61. The van der Waals surface area contributed by atoms with Crippen molar-refractivity contribution >= 4 is 17.2 Å². The molecule has 0 saturated heterocycles. The van der Waals surface area contributed by atoms with Gasteiger partial charge in [0.05, 0.1) is 5.56 Å². The molecular weight excluding hydrogens is 336 g/mol. The largest absolute Gasteiger partial charge is 0.340 e. The Balaban J connectivity index is 1.83. The average molecular weight is 356 g/mol. The number of thiophene rings is 1. The second kappa shape index (κ2) is 7.14. The lowest BCUT2D eigenvalue weighted by Gasteiger charge is -2.18. The summed E-state index contributed by atoms with van der Waals surface area (Å²) in [5.41, 5.74) is 1.47. The first-order valence-corrected chi connectivity index (χ1v) is 8.89. The first-order valence-electron chi connectivity index (χ1n) is 8.07. The molecule has 130 valence electrons. The van der Waals surface area contributed by atoms with Crippen LogP contribution in [0.4, 0.5) is 0 Å². The molecule has 1 atom stereocenters. The van der Waals surface area contributed by atoms with Crippen molar-refractivity contribution in [2.75, 3.05) is 0 Å². The molecule has 3 rings (SSSR count). The molecule has 6 nitrogen and oxygen atoms in total. The molecule has 0 radical (unpaired) electrons. The van der Waals surface area contributed by atoms with Gasteiger partial charge in [0.2, 0.25) is 11.7 Å². The van der Waals surface area contributed by atoms with Gasteiger partial charge in [-0.2, -0.15) is 4.98 Å². The zero-order valence-electron chi connectivity index (χ0n) is 14.6. The first kappa shape index (κ1) is 17.3. The molecule has 0 saturated carbocycles. The topological polar surface area (TPSA) is 80.9 Å². The molecule has 0 spiro atoms. The van der Waals surface area contributed by atoms with Crippen LogP contribution in [0.25, 0.3) is 11.4 Å². The molecule has 0 aliphatic carbocycles. The van der Waals surface area contributed by atoms with E-state index in [9.17, 15) is 4.79 Å². The molecule has 3 heterocycles. The van der Waals surface area contributed by atoms with E-state index in [1.165, 1.54) is 0 Å². The molecule has 25 heavy (non-hydrogen) atoms. The lowest BCUT2D eigenvalue weighted by Crippen LogP contribution is -2.32. The van der Waals surface area contributed by atoms with Crippen LogP contribution >= 0.6 is 11.3 Å². The predicted octanol–water partition coefficient (Wildman–Crippen LogP) is 3.94. The van der Waals surface area contributed by atoms with Crippen LogP contribution in [-0.4, -0.2) is 21.0 Å². The number of rotatable bonds is 5. The highest BCUT2D eigenvalue weighted by Crippen LogP contribution is 2.25. The van der Waals surface area contributed by atoms with Crippen LogP contribution in [0.15, 0.2) is 35.1 Å². The van der Waals surface area contributed by atoms with E-state index >= 15 is 0 Å². The zero-order valence-corrected chi connectivity index (χ0v) is 15.4. The summed E-state index contributed by atoms with van der Waals surface area (Å²) in [5.74, 6) is 0.838. The van der Waals surface area contributed by atoms with Crippen molar-refractivity contribution in [2.24, 2.45) is 5.92 Å². The molecule has 0 aliphatic rings. The van der Waals surface area contributed by atoms with Crippen molar-refractivity contribution in [3.05, 3.63) is 51.8 Å². The van der Waals surface area contributed by atoms with Crippen molar-refractivity contribution in [1.29, 1.82) is 0 Å². The molecule has 1 amide bonds. The molecular formula is C18H20N4O2S. The molecule has 0 fully saturated rings. The molecule has 0 aliphatic heterocycles. The summed E-state index contributed by atoms with van der Waals surface area (Å²) in [7, 11) is 0. The standard InChI is InChI=1S/C18H20N4O2S/c1-10(2)15(20-17(23)14-8-11(3)25-12(14)4)18-21-16(22-24-18)13-6-5-7-19-9-13/h5-10,15H,1-4H3,(H,20,23). The summed E-state index contributed by atoms with van der Waals surface area (Å²) in [6.07, 6.45) is 3.36. The number of hydrogen-bond donors (Lipinski definition) is 1. The zero-order chi connectivity index (χ0) is 18.0. The van der Waals surface area contributed by atoms with Crippen LogP contribution in [0, 0.1) is 19.8 Å². The summed E-state index contributed by atoms with van der Waals surface area (Å²) in [6.45, 7) is 7.95. The monoisotopic (exact) mass is 356 g/mol. The van der Waals surface area contributed by atoms with E-state index in [1.807, 2.05) is 45.9 Å². The number of nitrogens with zero attached hydrogens (tertiary/aromatic N) is 3. The number of carbonyl (C=O) groups excluding carboxylic acids is 1. The summed E-state index contributed by atoms with van der Waals surface area (Å²) < 4.78 is 5.41. The van der Waals surface area contributed by atoms with E-state index in [0.717, 1.165) is 15.3 Å². The van der Waals surface area contributed by atoms with Gasteiger partial charge in [0, 0.05) is 27.7 Å². The van der Waals surface area contributed by atoms with E-state index in [2.05, 4.69) is 20.4 Å². The SMILES string of the molecule is Cc1cc(C(=O)NC(c2nc(-c3cccnc3)no2)C(C)C)c(C)s1. The van der Waals surface area contributed by atoms with Gasteiger partial charge in [-0.05, 0) is 38.0 Å². The number of carbonyl (C=O) groups is 1. The Morgan fingerprint density at radius 2 is 2.12 bits per heavy atom. The van der Waals surface area contributed by atoms with E-state index in [-0.39, 0.29) is 17.9 Å². The third-order valence-corrected chi connectivity index (χ3v) is 4.83. The van der Waals surface area contributed by atoms with E-state index in [0.29, 0.717) is 17.3 Å². The highest BCUT2D eigenvalue weighted by molar-refractivity contribution is 7.12. The van der Waals surface area contributed by atoms with E-state index < -0.39 is 0 Å². The normalized spacial score (nSPS) is 12.4. The fraction of sp³-hybridized carbons (Fsp3) is 0.333. The fourth-order valence-corrected chi connectivity index (χ4v) is 3.48. The Hall–Kier alpha value is -2.54. The minimum Gasteiger partial charge on any atom is -0.340 e. The highest BCUT2D eigenvalue weighted by Gasteiger charge is 2.26. The highest BCUT2D eigenvalue weighted by atomic mass is 32.1. The Morgan fingerprint density at radius 3 is 2.72 bits per heavy atom. The van der Waals surface area contributed by atoms with E-state index in [1.54, 1.807) is 23.7 Å². The van der Waals surface area contributed by atoms with Gasteiger partial charge in [-0.1, -0.05) is 19.0 Å². The lowest BCUT2D eigenvalue weighted by atomic mass is 10.0. The van der Waals surface area contributed by atoms with Crippen molar-refractivity contribution in [3.8, 4) is 11.4 Å². The van der Waals surface area contributed by atoms with Crippen molar-refractivity contribution in [1.82, 2.24) is 20.4 Å². The van der Waals surface area contributed by atoms with Gasteiger partial charge >= 0.3 is 0 Å². The third-order valence-electron chi connectivity index (χ3n) is 3.87. The molecule has 3 aromatic rings. The van der Waals surface area contributed by atoms with Gasteiger partial charge in [-0.15, -0.1) is 11.3 Å². The number of nitrogens with one attached hydrogen (secondary N) is 1. The maximum absolute atomic E-state index is 12.6. The Morgan fingerprint density at radius 1 is 1.32 bits per heavy atom. The van der Waals surface area contributed by atoms with Crippen LogP contribution in [-0.2, 0) is 0 Å². The van der Waals surface area contributed by atoms with Crippen molar-refractivity contribution in [2.45, 2.75) is 33.7 Å². The second-order valence-electron chi connectivity index (χ2n) is 6.22. The van der Waals surface area contributed by atoms with Crippen LogP contribution in [0.5, 0.6) is 0 Å². The maximum atomic E-state index is 12.6. The minimum atomic E-state index is -0.356. The van der Waals surface area contributed by atoms with Gasteiger partial charge in [-0.25, -0.2) is 0 Å². The molecule has 3 aromatic heterocycles. The summed E-state index contributed by atoms with van der Waals surface area (Å²) in [6, 6.07) is 5.23. The molecule has 1 N–H and O–H groups in total. The molecule has 1 unspecified atom stereocenters. The predicted molar refractivity (Wildman–Crippen MR) is 96.4 cm³/mol. The van der Waals surface area contributed by atoms with Crippen LogP contribution in [0.3, 0.4) is 0 Å². The summed E-state index contributed by atoms with van der Waals surface area (Å²) in [4.78, 5) is 23.3. The lowest BCUT2D eigenvalue weighted by molar-refractivity contribution is 0.0914. The van der Waals surface area contributed by atoms with Crippen LogP contribution < -0.4 is 5.32 Å². The molecule has 0 aromatic carbocycles. The minimum absolute atomic E-state index is 0.103. The van der Waals surface area contributed by atoms with Crippen molar-refractivity contribution < 1.29 is 9.32 Å². The number of aromatic nitrogens is 3. The van der Waals surface area contributed by atoms with E-state index in [4.69, 9.17) is 4.52 Å². The van der Waals surface area contributed by atoms with Gasteiger partial charge in [-0.3, -0.25) is 9.78 Å². The number of amides is 1. The second-order valence-corrected chi connectivity index (χ2v) is 7.68. The number of hydrogen-bond acceptors (Lipinski definition) is 6. The number of aryl methyl sites for hydroxylation is 2. The Kier molecular flexibility index (Phi) is 4.94. The average Bonchev–Trinajstić information content (AvgIpc) is 3.19.